The van der Waals surface area contributed by atoms with Gasteiger partial charge in [0, 0.05) is 25.5 Å². The predicted octanol–water partition coefficient (Wildman–Crippen LogP) is 1.87. The van der Waals surface area contributed by atoms with E-state index in [9.17, 15) is 14.4 Å². The first kappa shape index (κ1) is 18.8. The van der Waals surface area contributed by atoms with Crippen molar-refractivity contribution in [2.45, 2.75) is 32.3 Å². The molecule has 8 nitrogen and oxygen atoms in total. The molecule has 0 spiro atoms. The lowest BCUT2D eigenvalue weighted by Gasteiger charge is -2.27. The maximum absolute atomic E-state index is 13.2. The number of hydrogen-bond acceptors (Lipinski definition) is 7. The van der Waals surface area contributed by atoms with Crippen molar-refractivity contribution in [2.75, 3.05) is 20.8 Å². The van der Waals surface area contributed by atoms with Crippen LogP contribution in [0, 0.1) is 0 Å². The van der Waals surface area contributed by atoms with Crippen LogP contribution in [0.5, 0.6) is 11.5 Å². The average molecular weight is 375 g/mol. The molecule has 8 heteroatoms. The predicted molar refractivity (Wildman–Crippen MR) is 92.7 cm³/mol. The van der Waals surface area contributed by atoms with Crippen molar-refractivity contribution >= 4 is 17.7 Å². The van der Waals surface area contributed by atoms with Gasteiger partial charge >= 0.3 is 5.97 Å². The first-order valence-electron chi connectivity index (χ1n) is 8.51. The van der Waals surface area contributed by atoms with E-state index in [-0.39, 0.29) is 17.5 Å². The summed E-state index contributed by atoms with van der Waals surface area (Å²) in [6, 6.07) is 4.97. The van der Waals surface area contributed by atoms with E-state index in [2.05, 4.69) is 0 Å². The molecule has 1 atom stereocenters. The molecule has 1 unspecified atom stereocenters. The third-order valence-corrected chi connectivity index (χ3v) is 4.62. The molecular formula is C19H21NO7. The fourth-order valence-corrected chi connectivity index (χ4v) is 3.24. The molecule has 1 saturated heterocycles. The number of hydrogen-bond donors (Lipinski definition) is 0. The van der Waals surface area contributed by atoms with E-state index in [1.165, 1.54) is 26.0 Å². The highest BCUT2D eigenvalue weighted by molar-refractivity contribution is 6.05. The van der Waals surface area contributed by atoms with Crippen molar-refractivity contribution in [1.82, 2.24) is 4.90 Å². The smallest absolute Gasteiger partial charge is 0.308 e. The van der Waals surface area contributed by atoms with Crippen molar-refractivity contribution in [3.8, 4) is 11.5 Å². The van der Waals surface area contributed by atoms with Crippen molar-refractivity contribution in [3.63, 3.8) is 0 Å². The lowest BCUT2D eigenvalue weighted by Crippen LogP contribution is -2.33. The van der Waals surface area contributed by atoms with Crippen LogP contribution in [0.2, 0.25) is 0 Å². The molecule has 1 aromatic carbocycles. The third kappa shape index (κ3) is 3.11. The Morgan fingerprint density at radius 3 is 2.52 bits per heavy atom. The number of amides is 1. The zero-order valence-electron chi connectivity index (χ0n) is 15.7. The van der Waals surface area contributed by atoms with Crippen molar-refractivity contribution < 1.29 is 33.3 Å². The minimum absolute atomic E-state index is 0.0370. The summed E-state index contributed by atoms with van der Waals surface area (Å²) in [5.41, 5.74) is -1.14. The molecule has 1 aromatic rings. The number of methoxy groups -OCH3 is 2. The van der Waals surface area contributed by atoms with Crippen LogP contribution in [-0.2, 0) is 29.5 Å². The number of carbonyl (C=O) groups is 3. The summed E-state index contributed by atoms with van der Waals surface area (Å²) in [5.74, 6) is -0.836. The first-order chi connectivity index (χ1) is 12.8. The Balaban J connectivity index is 2.10. The highest BCUT2D eigenvalue weighted by Gasteiger charge is 2.53. The minimum atomic E-state index is -1.54. The second-order valence-corrected chi connectivity index (χ2v) is 6.41. The van der Waals surface area contributed by atoms with Crippen LogP contribution in [0.3, 0.4) is 0 Å². The Kier molecular flexibility index (Phi) is 4.82. The van der Waals surface area contributed by atoms with Crippen molar-refractivity contribution in [1.29, 1.82) is 0 Å². The van der Waals surface area contributed by atoms with Gasteiger partial charge in [-0.2, -0.15) is 0 Å². The van der Waals surface area contributed by atoms with Crippen LogP contribution < -0.4 is 9.47 Å². The van der Waals surface area contributed by atoms with E-state index >= 15 is 0 Å². The van der Waals surface area contributed by atoms with E-state index in [1.54, 1.807) is 25.1 Å². The zero-order chi connectivity index (χ0) is 19.8. The van der Waals surface area contributed by atoms with E-state index in [4.69, 9.17) is 18.9 Å². The quantitative estimate of drug-likeness (QED) is 0.726. The number of nitrogens with zero attached hydrogens (tertiary/aromatic N) is 1. The fourth-order valence-electron chi connectivity index (χ4n) is 3.24. The summed E-state index contributed by atoms with van der Waals surface area (Å²) in [7, 11) is 2.97. The van der Waals surface area contributed by atoms with Gasteiger partial charge in [0.15, 0.2) is 0 Å². The monoisotopic (exact) mass is 375 g/mol. The number of Topliss-reactive ketones (excluding diaryl/α,β-unsaturated/α-hetero) is 1. The average Bonchev–Trinajstić information content (AvgIpc) is 3.17. The van der Waals surface area contributed by atoms with Crippen LogP contribution in [0.4, 0.5) is 0 Å². The van der Waals surface area contributed by atoms with Crippen LogP contribution in [0.1, 0.15) is 32.3 Å². The number of ether oxygens (including phenoxy) is 4. The molecule has 0 aliphatic carbocycles. The summed E-state index contributed by atoms with van der Waals surface area (Å²) in [6.45, 7) is 3.12. The van der Waals surface area contributed by atoms with Gasteiger partial charge in [0.1, 0.15) is 11.5 Å². The Bertz CT molecular complexity index is 844. The lowest BCUT2D eigenvalue weighted by atomic mass is 9.90. The molecule has 144 valence electrons. The number of likely N-dealkylation sites (tertiary alicyclic amines) is 1. The Labute approximate surface area is 156 Å². The van der Waals surface area contributed by atoms with Crippen LogP contribution in [-0.4, -0.2) is 43.3 Å². The van der Waals surface area contributed by atoms with Crippen LogP contribution in [0.15, 0.2) is 29.8 Å². The third-order valence-electron chi connectivity index (χ3n) is 4.62. The number of carbonyl (C=O) groups excluding carboxylic acids is 3. The maximum Gasteiger partial charge on any atom is 0.308 e. The molecular weight excluding hydrogens is 354 g/mol. The highest BCUT2D eigenvalue weighted by atomic mass is 16.6. The second-order valence-electron chi connectivity index (χ2n) is 6.41. The SMILES string of the molecule is COc1ccc(OC)c(C2(C)OC(N3CCCC3=O)=C(OC(C)=O)C2=O)c1. The summed E-state index contributed by atoms with van der Waals surface area (Å²) < 4.78 is 21.7. The summed E-state index contributed by atoms with van der Waals surface area (Å²) in [4.78, 5) is 38.3. The highest BCUT2D eigenvalue weighted by Crippen LogP contribution is 2.45. The molecule has 0 aromatic heterocycles. The molecule has 0 N–H and O–H groups in total. The molecule has 2 aliphatic rings. The molecule has 3 rings (SSSR count). The Hall–Kier alpha value is -3.03. The van der Waals surface area contributed by atoms with Gasteiger partial charge < -0.3 is 18.9 Å². The summed E-state index contributed by atoms with van der Waals surface area (Å²) >= 11 is 0. The van der Waals surface area contributed by atoms with Gasteiger partial charge in [0.05, 0.1) is 14.2 Å². The van der Waals surface area contributed by atoms with Gasteiger partial charge in [-0.05, 0) is 31.5 Å². The van der Waals surface area contributed by atoms with Gasteiger partial charge in [-0.1, -0.05) is 0 Å². The summed E-state index contributed by atoms with van der Waals surface area (Å²) in [6.07, 6.45) is 0.972. The van der Waals surface area contributed by atoms with Crippen LogP contribution >= 0.6 is 0 Å². The van der Waals surface area contributed by atoms with Gasteiger partial charge in [-0.25, -0.2) is 0 Å². The Morgan fingerprint density at radius 2 is 1.96 bits per heavy atom. The number of benzene rings is 1. The minimum Gasteiger partial charge on any atom is -0.497 e. The van der Waals surface area contributed by atoms with Gasteiger partial charge in [0.25, 0.3) is 5.78 Å². The normalized spacial score (nSPS) is 22.1. The first-order valence-corrected chi connectivity index (χ1v) is 8.51. The standard InChI is InChI=1S/C19H21NO7/c1-11(21)26-16-17(23)19(2,27-18(16)20-9-5-6-15(20)22)13-10-12(24-3)7-8-14(13)25-4/h7-8,10H,5-6,9H2,1-4H3. The largest absolute Gasteiger partial charge is 0.497 e. The van der Waals surface area contributed by atoms with E-state index in [0.717, 1.165) is 0 Å². The number of ketones is 1. The zero-order valence-corrected chi connectivity index (χ0v) is 15.7. The molecule has 0 saturated carbocycles. The van der Waals surface area contributed by atoms with Gasteiger partial charge in [0.2, 0.25) is 23.2 Å². The summed E-state index contributed by atoms with van der Waals surface area (Å²) in [5, 5.41) is 0. The van der Waals surface area contributed by atoms with E-state index in [1.807, 2.05) is 0 Å². The number of rotatable bonds is 5. The molecule has 1 amide bonds. The fraction of sp³-hybridized carbons (Fsp3) is 0.421. The molecule has 0 radical (unpaired) electrons. The topological polar surface area (TPSA) is 91.4 Å². The lowest BCUT2D eigenvalue weighted by molar-refractivity contribution is -0.142. The molecule has 0 bridgehead atoms. The maximum atomic E-state index is 13.2. The second kappa shape index (κ2) is 6.94. The van der Waals surface area contributed by atoms with Gasteiger partial charge in [-0.15, -0.1) is 0 Å². The number of esters is 1. The molecule has 2 heterocycles. The molecule has 2 aliphatic heterocycles. The molecule has 27 heavy (non-hydrogen) atoms. The van der Waals surface area contributed by atoms with Crippen molar-refractivity contribution in [3.05, 3.63) is 35.4 Å². The van der Waals surface area contributed by atoms with Gasteiger partial charge in [-0.3, -0.25) is 19.3 Å². The Morgan fingerprint density at radius 1 is 1.22 bits per heavy atom. The van der Waals surface area contributed by atoms with E-state index in [0.29, 0.717) is 36.4 Å². The van der Waals surface area contributed by atoms with Crippen LogP contribution in [0.25, 0.3) is 0 Å². The van der Waals surface area contributed by atoms with Crippen molar-refractivity contribution in [2.24, 2.45) is 0 Å². The molecule has 1 fully saturated rings. The van der Waals surface area contributed by atoms with E-state index < -0.39 is 17.4 Å².